The Balaban J connectivity index is 3.58. The molecule has 4 heteroatoms. The van der Waals surface area contributed by atoms with E-state index in [1.54, 1.807) is 11.8 Å². The highest BCUT2D eigenvalue weighted by molar-refractivity contribution is 14.1. The molecule has 0 aliphatic heterocycles. The third-order valence-corrected chi connectivity index (χ3v) is 2.58. The molecule has 0 aromatic heterocycles. The Labute approximate surface area is 92.4 Å². The summed E-state index contributed by atoms with van der Waals surface area (Å²) in [4.78, 5) is 11.2. The van der Waals surface area contributed by atoms with E-state index in [-0.39, 0.29) is 14.7 Å². The zero-order chi connectivity index (χ0) is 9.78. The minimum absolute atomic E-state index is 0.122. The van der Waals surface area contributed by atoms with Gasteiger partial charge < -0.3 is 5.32 Å². The summed E-state index contributed by atoms with van der Waals surface area (Å²) in [5.74, 6) is 0.674. The predicted molar refractivity (Wildman–Crippen MR) is 63.8 cm³/mol. The first kappa shape index (κ1) is 12.6. The van der Waals surface area contributed by atoms with Crippen LogP contribution in [0, 0.1) is 0 Å². The van der Waals surface area contributed by atoms with E-state index in [2.05, 4.69) is 48.7 Å². The molecule has 12 heavy (non-hydrogen) atoms. The molecule has 0 aliphatic carbocycles. The second-order valence-electron chi connectivity index (χ2n) is 3.58. The zero-order valence-corrected chi connectivity index (χ0v) is 11.0. The van der Waals surface area contributed by atoms with E-state index < -0.39 is 0 Å². The summed E-state index contributed by atoms with van der Waals surface area (Å²) in [6, 6.07) is 0. The lowest BCUT2D eigenvalue weighted by Crippen LogP contribution is -2.30. The summed E-state index contributed by atoms with van der Waals surface area (Å²) >= 11 is 3.85. The van der Waals surface area contributed by atoms with Crippen molar-refractivity contribution in [1.82, 2.24) is 5.32 Å². The quantitative estimate of drug-likeness (QED) is 0.493. The Morgan fingerprint density at radius 1 is 1.58 bits per heavy atom. The SMILES string of the molecule is CC(I)NC(=O)CSC(C)(C)C. The molecule has 0 heterocycles. The Bertz CT molecular complexity index is 154. The topological polar surface area (TPSA) is 29.1 Å². The monoisotopic (exact) mass is 301 g/mol. The largest absolute Gasteiger partial charge is 0.344 e. The smallest absolute Gasteiger partial charge is 0.230 e. The Morgan fingerprint density at radius 3 is 2.42 bits per heavy atom. The highest BCUT2D eigenvalue weighted by Crippen LogP contribution is 2.22. The highest BCUT2D eigenvalue weighted by atomic mass is 127. The van der Waals surface area contributed by atoms with Gasteiger partial charge in [0, 0.05) is 4.75 Å². The Morgan fingerprint density at radius 2 is 2.08 bits per heavy atom. The zero-order valence-electron chi connectivity index (χ0n) is 7.98. The number of carbonyl (C=O) groups is 1. The fourth-order valence-corrected chi connectivity index (χ4v) is 1.54. The van der Waals surface area contributed by atoms with Crippen LogP contribution in [0.1, 0.15) is 27.7 Å². The summed E-state index contributed by atoms with van der Waals surface area (Å²) in [6.07, 6.45) is 0. The van der Waals surface area contributed by atoms with Crippen LogP contribution in [0.2, 0.25) is 0 Å². The van der Waals surface area contributed by atoms with Crippen LogP contribution in [-0.2, 0) is 4.79 Å². The molecular weight excluding hydrogens is 285 g/mol. The Kier molecular flexibility index (Phi) is 5.56. The highest BCUT2D eigenvalue weighted by Gasteiger charge is 2.13. The minimum atomic E-state index is 0.122. The van der Waals surface area contributed by atoms with Gasteiger partial charge >= 0.3 is 0 Å². The van der Waals surface area contributed by atoms with Crippen molar-refractivity contribution in [2.75, 3.05) is 5.75 Å². The average molecular weight is 301 g/mol. The number of amides is 1. The van der Waals surface area contributed by atoms with Crippen molar-refractivity contribution in [2.45, 2.75) is 36.5 Å². The lowest BCUT2D eigenvalue weighted by molar-refractivity contribution is -0.118. The molecule has 0 rings (SSSR count). The fraction of sp³-hybridized carbons (Fsp3) is 0.875. The first-order valence-electron chi connectivity index (χ1n) is 3.88. The number of carbonyl (C=O) groups excluding carboxylic acids is 1. The number of alkyl halides is 1. The van der Waals surface area contributed by atoms with Gasteiger partial charge in [-0.1, -0.05) is 43.4 Å². The summed E-state index contributed by atoms with van der Waals surface area (Å²) in [5, 5.41) is 2.84. The maximum absolute atomic E-state index is 11.2. The predicted octanol–water partition coefficient (Wildman–Crippen LogP) is 2.42. The number of rotatable bonds is 3. The summed E-state index contributed by atoms with van der Waals surface area (Å²) in [5.41, 5.74) is 0. The molecule has 0 radical (unpaired) electrons. The number of thioether (sulfide) groups is 1. The third-order valence-electron chi connectivity index (χ3n) is 0.996. The number of hydrogen-bond acceptors (Lipinski definition) is 2. The van der Waals surface area contributed by atoms with Crippen LogP contribution in [-0.4, -0.2) is 20.5 Å². The molecule has 0 saturated heterocycles. The molecule has 1 N–H and O–H groups in total. The first-order chi connectivity index (χ1) is 5.31. The van der Waals surface area contributed by atoms with Crippen LogP contribution in [0.25, 0.3) is 0 Å². The molecule has 1 atom stereocenters. The van der Waals surface area contributed by atoms with Crippen LogP contribution < -0.4 is 5.32 Å². The van der Waals surface area contributed by atoms with E-state index in [1.807, 2.05) is 6.92 Å². The second-order valence-corrected chi connectivity index (χ2v) is 7.26. The summed E-state index contributed by atoms with van der Waals surface area (Å²) < 4.78 is 0.391. The second kappa shape index (κ2) is 5.32. The van der Waals surface area contributed by atoms with Gasteiger partial charge in [-0.2, -0.15) is 0 Å². The maximum atomic E-state index is 11.2. The summed E-state index contributed by atoms with van der Waals surface area (Å²) in [6.45, 7) is 8.29. The maximum Gasteiger partial charge on any atom is 0.230 e. The van der Waals surface area contributed by atoms with Crippen LogP contribution in [0.5, 0.6) is 0 Å². The van der Waals surface area contributed by atoms with Gasteiger partial charge in [-0.25, -0.2) is 0 Å². The van der Waals surface area contributed by atoms with Gasteiger partial charge in [0.1, 0.15) is 0 Å². The molecule has 0 bridgehead atoms. The van der Waals surface area contributed by atoms with E-state index in [0.717, 1.165) is 0 Å². The number of hydrogen-bond donors (Lipinski definition) is 1. The normalized spacial score (nSPS) is 14.1. The van der Waals surface area contributed by atoms with Crippen LogP contribution in [0.4, 0.5) is 0 Å². The van der Waals surface area contributed by atoms with E-state index in [9.17, 15) is 4.79 Å². The number of nitrogens with one attached hydrogen (secondary N) is 1. The summed E-state index contributed by atoms with van der Waals surface area (Å²) in [7, 11) is 0. The van der Waals surface area contributed by atoms with Gasteiger partial charge in [-0.3, -0.25) is 4.79 Å². The van der Waals surface area contributed by atoms with Crippen molar-refractivity contribution in [3.05, 3.63) is 0 Å². The van der Waals surface area contributed by atoms with Crippen molar-refractivity contribution >= 4 is 40.3 Å². The third kappa shape index (κ3) is 8.64. The molecule has 0 aliphatic rings. The molecule has 0 aromatic carbocycles. The first-order valence-corrected chi connectivity index (χ1v) is 6.12. The van der Waals surface area contributed by atoms with Crippen molar-refractivity contribution in [3.63, 3.8) is 0 Å². The van der Waals surface area contributed by atoms with E-state index in [4.69, 9.17) is 0 Å². The van der Waals surface area contributed by atoms with Gasteiger partial charge in [0.15, 0.2) is 0 Å². The van der Waals surface area contributed by atoms with Gasteiger partial charge in [-0.15, -0.1) is 11.8 Å². The van der Waals surface area contributed by atoms with E-state index >= 15 is 0 Å². The average Bonchev–Trinajstić information content (AvgIpc) is 1.80. The minimum Gasteiger partial charge on any atom is -0.344 e. The molecular formula is C8H16INOS. The van der Waals surface area contributed by atoms with Gasteiger partial charge in [-0.05, 0) is 6.92 Å². The van der Waals surface area contributed by atoms with E-state index in [1.165, 1.54) is 0 Å². The lowest BCUT2D eigenvalue weighted by Gasteiger charge is -2.17. The van der Waals surface area contributed by atoms with Crippen LogP contribution in [0.15, 0.2) is 0 Å². The molecule has 72 valence electrons. The molecule has 1 amide bonds. The lowest BCUT2D eigenvalue weighted by atomic mass is 10.3. The van der Waals surface area contributed by atoms with Gasteiger partial charge in [0.2, 0.25) is 5.91 Å². The van der Waals surface area contributed by atoms with Crippen molar-refractivity contribution in [1.29, 1.82) is 0 Å². The molecule has 0 spiro atoms. The number of halogens is 1. The van der Waals surface area contributed by atoms with Crippen LogP contribution in [0.3, 0.4) is 0 Å². The molecule has 0 fully saturated rings. The molecule has 1 unspecified atom stereocenters. The van der Waals surface area contributed by atoms with E-state index in [0.29, 0.717) is 5.75 Å². The Hall–Kier alpha value is 0.550. The molecule has 2 nitrogen and oxygen atoms in total. The van der Waals surface area contributed by atoms with Crippen molar-refractivity contribution in [3.8, 4) is 0 Å². The van der Waals surface area contributed by atoms with Crippen molar-refractivity contribution in [2.24, 2.45) is 0 Å². The standard InChI is InChI=1S/C8H16INOS/c1-6(9)10-7(11)5-12-8(2,3)4/h6H,5H2,1-4H3,(H,10,11). The fourth-order valence-electron chi connectivity index (χ4n) is 0.546. The van der Waals surface area contributed by atoms with Gasteiger partial charge in [0.25, 0.3) is 0 Å². The van der Waals surface area contributed by atoms with Gasteiger partial charge in [0.05, 0.1) is 9.80 Å². The van der Waals surface area contributed by atoms with Crippen LogP contribution >= 0.6 is 34.4 Å². The molecule has 0 aromatic rings. The van der Waals surface area contributed by atoms with Crippen molar-refractivity contribution < 1.29 is 4.79 Å². The molecule has 0 saturated carbocycles.